The number of nitrogen functional groups attached to an aromatic ring is 1. The molecule has 1 aliphatic carbocycles. The number of hydrogen-bond donors (Lipinski definition) is 1. The number of aromatic nitrogens is 1. The van der Waals surface area contributed by atoms with Gasteiger partial charge in [-0.05, 0) is 37.3 Å². The van der Waals surface area contributed by atoms with Crippen molar-refractivity contribution in [3.8, 4) is 17.2 Å². The predicted octanol–water partition coefficient (Wildman–Crippen LogP) is 5.33. The minimum absolute atomic E-state index is 0.00193. The maximum atomic E-state index is 11.6. The minimum Gasteiger partial charge on any atom is -0.383 e. The molecule has 2 aromatic rings. The number of benzene rings is 1. The molecule has 6 nitrogen and oxygen atoms in total. The number of nitrogens with two attached hydrogens (primary N) is 1. The van der Waals surface area contributed by atoms with Crippen molar-refractivity contribution < 1.29 is 4.92 Å². The van der Waals surface area contributed by atoms with Crippen molar-refractivity contribution in [2.45, 2.75) is 64.2 Å². The van der Waals surface area contributed by atoms with Crippen LogP contribution >= 0.6 is 0 Å². The van der Waals surface area contributed by atoms with E-state index in [9.17, 15) is 15.4 Å². The number of aryl methyl sites for hydroxylation is 1. The van der Waals surface area contributed by atoms with E-state index in [1.807, 2.05) is 0 Å². The van der Waals surface area contributed by atoms with Crippen molar-refractivity contribution in [3.05, 3.63) is 51.2 Å². The highest BCUT2D eigenvalue weighted by atomic mass is 16.6. The number of nitro benzene ring substituents is 1. The molecule has 1 aromatic carbocycles. The van der Waals surface area contributed by atoms with E-state index in [-0.39, 0.29) is 17.1 Å². The van der Waals surface area contributed by atoms with Crippen LogP contribution in [-0.2, 0) is 12.8 Å². The summed E-state index contributed by atoms with van der Waals surface area (Å²) in [4.78, 5) is 15.8. The first-order valence-corrected chi connectivity index (χ1v) is 10.1. The molecule has 1 heterocycles. The van der Waals surface area contributed by atoms with Crippen LogP contribution in [0.3, 0.4) is 0 Å². The van der Waals surface area contributed by atoms with Gasteiger partial charge >= 0.3 is 0 Å². The van der Waals surface area contributed by atoms with Gasteiger partial charge in [0.2, 0.25) is 0 Å². The molecule has 2 N–H and O–H groups in total. The molecule has 0 saturated carbocycles. The van der Waals surface area contributed by atoms with E-state index in [0.29, 0.717) is 11.1 Å². The molecular weight excluding hydrogens is 352 g/mol. The fraction of sp³-hybridized carbons (Fsp3) is 0.455. The molecule has 146 valence electrons. The topological polar surface area (TPSA) is 106 Å². The van der Waals surface area contributed by atoms with Gasteiger partial charge < -0.3 is 5.73 Å². The van der Waals surface area contributed by atoms with E-state index < -0.39 is 4.92 Å². The summed E-state index contributed by atoms with van der Waals surface area (Å²) < 4.78 is 0. The van der Waals surface area contributed by atoms with Gasteiger partial charge in [-0.1, -0.05) is 50.7 Å². The van der Waals surface area contributed by atoms with Gasteiger partial charge in [-0.2, -0.15) is 5.26 Å². The monoisotopic (exact) mass is 378 g/mol. The number of nitrogens with zero attached hydrogens (tertiary/aromatic N) is 3. The van der Waals surface area contributed by atoms with E-state index in [2.05, 4.69) is 11.1 Å². The third kappa shape index (κ3) is 4.30. The first-order valence-electron chi connectivity index (χ1n) is 10.1. The number of para-hydroxylation sites is 1. The van der Waals surface area contributed by atoms with Gasteiger partial charge in [-0.3, -0.25) is 10.1 Å². The maximum absolute atomic E-state index is 11.6. The van der Waals surface area contributed by atoms with Crippen LogP contribution in [0.15, 0.2) is 24.3 Å². The second-order valence-corrected chi connectivity index (χ2v) is 7.39. The molecule has 1 aromatic heterocycles. The van der Waals surface area contributed by atoms with Crippen molar-refractivity contribution in [2.24, 2.45) is 0 Å². The highest BCUT2D eigenvalue weighted by molar-refractivity contribution is 5.84. The van der Waals surface area contributed by atoms with Crippen molar-refractivity contribution in [1.82, 2.24) is 4.98 Å². The normalized spacial score (nSPS) is 15.5. The van der Waals surface area contributed by atoms with Crippen molar-refractivity contribution in [2.75, 3.05) is 5.73 Å². The standard InChI is InChI=1S/C22H26N4O2/c23-15-18-21(17-12-9-10-14-20(17)26(27)28)16-11-7-5-3-1-2-4-6-8-13-19(16)25-22(18)24/h9-10,12,14H,1-8,11,13H2,(H2,24,25). The summed E-state index contributed by atoms with van der Waals surface area (Å²) >= 11 is 0. The van der Waals surface area contributed by atoms with Crippen LogP contribution in [0.4, 0.5) is 11.5 Å². The number of fused-ring (bicyclic) bond motifs is 1. The Morgan fingerprint density at radius 3 is 2.25 bits per heavy atom. The quantitative estimate of drug-likeness (QED) is 0.561. The molecule has 0 saturated heterocycles. The molecular formula is C22H26N4O2. The lowest BCUT2D eigenvalue weighted by molar-refractivity contribution is -0.384. The number of pyridine rings is 1. The Morgan fingerprint density at radius 2 is 1.61 bits per heavy atom. The smallest absolute Gasteiger partial charge is 0.277 e. The Bertz CT molecular complexity index is 902. The van der Waals surface area contributed by atoms with Gasteiger partial charge in [-0.25, -0.2) is 4.98 Å². The Labute approximate surface area is 165 Å². The molecule has 0 radical (unpaired) electrons. The molecule has 0 aliphatic heterocycles. The van der Waals surface area contributed by atoms with Gasteiger partial charge in [0.15, 0.2) is 0 Å². The average molecular weight is 378 g/mol. The molecule has 3 rings (SSSR count). The summed E-state index contributed by atoms with van der Waals surface area (Å²) in [5, 5.41) is 21.4. The van der Waals surface area contributed by atoms with Crippen LogP contribution in [-0.4, -0.2) is 9.91 Å². The number of hydrogen-bond acceptors (Lipinski definition) is 5. The van der Waals surface area contributed by atoms with Crippen LogP contribution in [0, 0.1) is 21.4 Å². The minimum atomic E-state index is -0.394. The fourth-order valence-electron chi connectivity index (χ4n) is 4.08. The highest BCUT2D eigenvalue weighted by Gasteiger charge is 2.25. The van der Waals surface area contributed by atoms with Gasteiger partial charge in [0.05, 0.1) is 10.5 Å². The van der Waals surface area contributed by atoms with Crippen molar-refractivity contribution in [3.63, 3.8) is 0 Å². The van der Waals surface area contributed by atoms with Gasteiger partial charge in [-0.15, -0.1) is 0 Å². The predicted molar refractivity (Wildman–Crippen MR) is 110 cm³/mol. The molecule has 0 amide bonds. The maximum Gasteiger partial charge on any atom is 0.277 e. The zero-order valence-electron chi connectivity index (χ0n) is 16.1. The van der Waals surface area contributed by atoms with Gasteiger partial charge in [0, 0.05) is 17.3 Å². The van der Waals surface area contributed by atoms with Crippen molar-refractivity contribution in [1.29, 1.82) is 5.26 Å². The summed E-state index contributed by atoms with van der Waals surface area (Å²) in [7, 11) is 0. The summed E-state index contributed by atoms with van der Waals surface area (Å²) in [5.41, 5.74) is 9.30. The zero-order valence-corrected chi connectivity index (χ0v) is 16.1. The van der Waals surface area contributed by atoms with Crippen molar-refractivity contribution >= 4 is 11.5 Å². The Kier molecular flexibility index (Phi) is 6.59. The molecule has 6 heteroatoms. The van der Waals surface area contributed by atoms with Crippen LogP contribution in [0.1, 0.15) is 68.2 Å². The van der Waals surface area contributed by atoms with Crippen LogP contribution < -0.4 is 5.73 Å². The first-order chi connectivity index (χ1) is 13.6. The lowest BCUT2D eigenvalue weighted by Gasteiger charge is -2.18. The largest absolute Gasteiger partial charge is 0.383 e. The SMILES string of the molecule is N#Cc1c(N)nc2c(c1-c1ccccc1[N+](=O)[O-])CCCCCCCCCC2. The molecule has 0 fully saturated rings. The van der Waals surface area contributed by atoms with E-state index in [4.69, 9.17) is 5.73 Å². The molecule has 0 unspecified atom stereocenters. The second-order valence-electron chi connectivity index (χ2n) is 7.39. The number of nitro groups is 1. The molecule has 0 atom stereocenters. The van der Waals surface area contributed by atoms with Crippen LogP contribution in [0.5, 0.6) is 0 Å². The second kappa shape index (κ2) is 9.32. The van der Waals surface area contributed by atoms with E-state index in [1.165, 1.54) is 31.7 Å². The first kappa shape index (κ1) is 19.8. The summed E-state index contributed by atoms with van der Waals surface area (Å²) in [6, 6.07) is 8.76. The average Bonchev–Trinajstić information content (AvgIpc) is 2.68. The summed E-state index contributed by atoms with van der Waals surface area (Å²) in [6.45, 7) is 0. The Balaban J connectivity index is 2.20. The van der Waals surface area contributed by atoms with E-state index in [1.54, 1.807) is 18.2 Å². The third-order valence-electron chi connectivity index (χ3n) is 5.48. The van der Waals surface area contributed by atoms with E-state index in [0.717, 1.165) is 49.8 Å². The van der Waals surface area contributed by atoms with Crippen LogP contribution in [0.2, 0.25) is 0 Å². The lowest BCUT2D eigenvalue weighted by Crippen LogP contribution is -2.09. The molecule has 0 spiro atoms. The Morgan fingerprint density at radius 1 is 1.00 bits per heavy atom. The molecule has 28 heavy (non-hydrogen) atoms. The van der Waals surface area contributed by atoms with Gasteiger partial charge in [0.1, 0.15) is 17.5 Å². The highest BCUT2D eigenvalue weighted by Crippen LogP contribution is 2.38. The zero-order chi connectivity index (χ0) is 19.9. The Hall–Kier alpha value is -2.94. The van der Waals surface area contributed by atoms with Gasteiger partial charge in [0.25, 0.3) is 5.69 Å². The van der Waals surface area contributed by atoms with E-state index >= 15 is 0 Å². The lowest BCUT2D eigenvalue weighted by atomic mass is 9.88. The number of anilines is 1. The fourth-order valence-corrected chi connectivity index (χ4v) is 4.08. The molecule has 0 bridgehead atoms. The number of rotatable bonds is 2. The summed E-state index contributed by atoms with van der Waals surface area (Å²) in [5.74, 6) is 0.168. The number of nitriles is 1. The third-order valence-corrected chi connectivity index (χ3v) is 5.48. The molecule has 1 aliphatic rings. The summed E-state index contributed by atoms with van der Waals surface area (Å²) in [6.07, 6.45) is 10.8. The van der Waals surface area contributed by atoms with Crippen LogP contribution in [0.25, 0.3) is 11.1 Å².